The first-order valence-electron chi connectivity index (χ1n) is 6.17. The monoisotopic (exact) mass is 278 g/mol. The highest BCUT2D eigenvalue weighted by atomic mass is 32.1. The Morgan fingerprint density at radius 2 is 2.05 bits per heavy atom. The number of hydrogen-bond acceptors (Lipinski definition) is 5. The van der Waals surface area contributed by atoms with Gasteiger partial charge in [0.2, 0.25) is 0 Å². The molecule has 2 rings (SSSR count). The lowest BCUT2D eigenvalue weighted by molar-refractivity contribution is 0.356. The molecule has 5 heteroatoms. The van der Waals surface area contributed by atoms with Crippen molar-refractivity contribution in [1.29, 1.82) is 0 Å². The molecule has 2 aromatic rings. The van der Waals surface area contributed by atoms with E-state index in [0.29, 0.717) is 11.5 Å². The Balaban J connectivity index is 2.52. The van der Waals surface area contributed by atoms with Crippen molar-refractivity contribution >= 4 is 16.3 Å². The third-order valence-corrected chi connectivity index (χ3v) is 3.76. The van der Waals surface area contributed by atoms with Crippen LogP contribution in [0.3, 0.4) is 0 Å². The van der Waals surface area contributed by atoms with Crippen LogP contribution in [0.15, 0.2) is 18.2 Å². The minimum atomic E-state index is 0.671. The van der Waals surface area contributed by atoms with Gasteiger partial charge in [0.05, 0.1) is 19.2 Å². The smallest absolute Gasteiger partial charge is 0.170 e. The molecule has 1 heterocycles. The number of methoxy groups -OCH3 is 2. The molecule has 0 spiro atoms. The molecule has 0 aliphatic rings. The third-order valence-electron chi connectivity index (χ3n) is 2.82. The summed E-state index contributed by atoms with van der Waals surface area (Å²) in [6, 6.07) is 5.72. The van der Waals surface area contributed by atoms with E-state index in [1.165, 1.54) is 11.3 Å². The molecule has 0 bridgehead atoms. The van der Waals surface area contributed by atoms with E-state index in [-0.39, 0.29) is 0 Å². The summed E-state index contributed by atoms with van der Waals surface area (Å²) in [5.41, 5.74) is 7.73. The van der Waals surface area contributed by atoms with Gasteiger partial charge in [-0.15, -0.1) is 11.3 Å². The molecule has 0 saturated heterocycles. The molecule has 19 heavy (non-hydrogen) atoms. The molecule has 0 radical (unpaired) electrons. The minimum Gasteiger partial charge on any atom is -0.493 e. The van der Waals surface area contributed by atoms with E-state index in [9.17, 15) is 0 Å². The largest absolute Gasteiger partial charge is 0.493 e. The van der Waals surface area contributed by atoms with Gasteiger partial charge in [-0.05, 0) is 25.0 Å². The summed E-state index contributed by atoms with van der Waals surface area (Å²) in [5.74, 6) is 1.36. The van der Waals surface area contributed by atoms with E-state index in [2.05, 4.69) is 11.9 Å². The molecule has 0 unspecified atom stereocenters. The van der Waals surface area contributed by atoms with Gasteiger partial charge in [0, 0.05) is 5.56 Å². The molecule has 1 aromatic carbocycles. The van der Waals surface area contributed by atoms with E-state index in [0.717, 1.165) is 34.1 Å². The van der Waals surface area contributed by atoms with Crippen LogP contribution in [0.25, 0.3) is 11.3 Å². The van der Waals surface area contributed by atoms with Gasteiger partial charge in [-0.2, -0.15) is 0 Å². The summed E-state index contributed by atoms with van der Waals surface area (Å²) >= 11 is 1.54. The van der Waals surface area contributed by atoms with E-state index < -0.39 is 0 Å². The lowest BCUT2D eigenvalue weighted by atomic mass is 10.1. The average molecular weight is 278 g/mol. The van der Waals surface area contributed by atoms with Crippen molar-refractivity contribution in [3.8, 4) is 22.8 Å². The van der Waals surface area contributed by atoms with Crippen LogP contribution in [0.1, 0.15) is 18.4 Å². The number of aromatic nitrogens is 1. The van der Waals surface area contributed by atoms with E-state index in [4.69, 9.17) is 15.2 Å². The van der Waals surface area contributed by atoms with Gasteiger partial charge in [-0.25, -0.2) is 4.98 Å². The number of ether oxygens (including phenoxy) is 2. The molecule has 1 aromatic heterocycles. The second kappa shape index (κ2) is 5.93. The van der Waals surface area contributed by atoms with E-state index in [1.54, 1.807) is 14.2 Å². The van der Waals surface area contributed by atoms with Gasteiger partial charge in [-0.3, -0.25) is 0 Å². The fourth-order valence-electron chi connectivity index (χ4n) is 1.97. The number of nitrogens with zero attached hydrogens (tertiary/aromatic N) is 1. The maximum Gasteiger partial charge on any atom is 0.170 e. The predicted molar refractivity (Wildman–Crippen MR) is 79.1 cm³/mol. The highest BCUT2D eigenvalue weighted by Gasteiger charge is 2.17. The SMILES string of the molecule is CCCc1nc(-c2cccc(OC)c2OC)c(N)s1. The summed E-state index contributed by atoms with van der Waals surface area (Å²) in [5, 5.41) is 1.77. The van der Waals surface area contributed by atoms with E-state index >= 15 is 0 Å². The lowest BCUT2D eigenvalue weighted by Crippen LogP contribution is -1.95. The van der Waals surface area contributed by atoms with Crippen LogP contribution in [0.2, 0.25) is 0 Å². The lowest BCUT2D eigenvalue weighted by Gasteiger charge is -2.11. The Bertz CT molecular complexity index is 567. The number of aryl methyl sites for hydroxylation is 1. The van der Waals surface area contributed by atoms with Gasteiger partial charge in [0.25, 0.3) is 0 Å². The number of rotatable bonds is 5. The third kappa shape index (κ3) is 2.66. The first kappa shape index (κ1) is 13.7. The summed E-state index contributed by atoms with van der Waals surface area (Å²) in [6.07, 6.45) is 2.00. The Morgan fingerprint density at radius 1 is 1.26 bits per heavy atom. The van der Waals surface area contributed by atoms with Gasteiger partial charge in [0.1, 0.15) is 10.7 Å². The van der Waals surface area contributed by atoms with Crippen molar-refractivity contribution in [2.45, 2.75) is 19.8 Å². The number of benzene rings is 1. The summed E-state index contributed by atoms with van der Waals surface area (Å²) in [6.45, 7) is 2.13. The van der Waals surface area contributed by atoms with Crippen LogP contribution in [0.4, 0.5) is 5.00 Å². The fourth-order valence-corrected chi connectivity index (χ4v) is 2.91. The van der Waals surface area contributed by atoms with Crippen molar-refractivity contribution in [2.75, 3.05) is 20.0 Å². The number of nitrogens with two attached hydrogens (primary N) is 1. The van der Waals surface area contributed by atoms with Gasteiger partial charge in [-0.1, -0.05) is 13.0 Å². The molecule has 0 aliphatic heterocycles. The number of anilines is 1. The Labute approximate surface area is 117 Å². The normalized spacial score (nSPS) is 10.5. The fraction of sp³-hybridized carbons (Fsp3) is 0.357. The minimum absolute atomic E-state index is 0.671. The second-order valence-corrected chi connectivity index (χ2v) is 5.23. The van der Waals surface area contributed by atoms with Gasteiger partial charge in [0.15, 0.2) is 11.5 Å². The number of thiazole rings is 1. The first-order valence-corrected chi connectivity index (χ1v) is 6.99. The van der Waals surface area contributed by atoms with Crippen molar-refractivity contribution in [1.82, 2.24) is 4.98 Å². The first-order chi connectivity index (χ1) is 9.21. The maximum atomic E-state index is 6.08. The highest BCUT2D eigenvalue weighted by Crippen LogP contribution is 2.41. The maximum absolute atomic E-state index is 6.08. The number of para-hydroxylation sites is 1. The quantitative estimate of drug-likeness (QED) is 0.911. The van der Waals surface area contributed by atoms with Crippen LogP contribution < -0.4 is 15.2 Å². The summed E-state index contributed by atoms with van der Waals surface area (Å²) in [4.78, 5) is 4.61. The Morgan fingerprint density at radius 3 is 2.68 bits per heavy atom. The Hall–Kier alpha value is -1.75. The van der Waals surface area contributed by atoms with Crippen LogP contribution >= 0.6 is 11.3 Å². The molecular formula is C14H18N2O2S. The zero-order chi connectivity index (χ0) is 13.8. The topological polar surface area (TPSA) is 57.4 Å². The molecule has 2 N–H and O–H groups in total. The van der Waals surface area contributed by atoms with Gasteiger partial charge < -0.3 is 15.2 Å². The molecule has 0 amide bonds. The molecule has 102 valence electrons. The van der Waals surface area contributed by atoms with Crippen molar-refractivity contribution in [3.05, 3.63) is 23.2 Å². The molecule has 0 fully saturated rings. The molecule has 0 saturated carbocycles. The summed E-state index contributed by atoms with van der Waals surface area (Å²) in [7, 11) is 3.24. The standard InChI is InChI=1S/C14H18N2O2S/c1-4-6-11-16-12(14(15)19-11)9-7-5-8-10(17-2)13(9)18-3/h5,7-8H,4,6,15H2,1-3H3. The van der Waals surface area contributed by atoms with Crippen molar-refractivity contribution < 1.29 is 9.47 Å². The van der Waals surface area contributed by atoms with Crippen molar-refractivity contribution in [2.24, 2.45) is 0 Å². The number of hydrogen-bond donors (Lipinski definition) is 1. The van der Waals surface area contributed by atoms with E-state index in [1.807, 2.05) is 18.2 Å². The van der Waals surface area contributed by atoms with Crippen LogP contribution in [-0.4, -0.2) is 19.2 Å². The van der Waals surface area contributed by atoms with Gasteiger partial charge >= 0.3 is 0 Å². The number of nitrogen functional groups attached to an aromatic ring is 1. The molecule has 0 atom stereocenters. The predicted octanol–water partition coefficient (Wildman–Crippen LogP) is 3.36. The average Bonchev–Trinajstić information content (AvgIpc) is 2.79. The van der Waals surface area contributed by atoms with Crippen LogP contribution in [0, 0.1) is 0 Å². The zero-order valence-electron chi connectivity index (χ0n) is 11.4. The highest BCUT2D eigenvalue weighted by molar-refractivity contribution is 7.16. The molecule has 4 nitrogen and oxygen atoms in total. The van der Waals surface area contributed by atoms with Crippen molar-refractivity contribution in [3.63, 3.8) is 0 Å². The zero-order valence-corrected chi connectivity index (χ0v) is 12.2. The summed E-state index contributed by atoms with van der Waals surface area (Å²) < 4.78 is 10.7. The molecule has 0 aliphatic carbocycles. The second-order valence-electron chi connectivity index (χ2n) is 4.11. The van der Waals surface area contributed by atoms with Crippen LogP contribution in [0.5, 0.6) is 11.5 Å². The Kier molecular flexibility index (Phi) is 4.27. The van der Waals surface area contributed by atoms with Crippen LogP contribution in [-0.2, 0) is 6.42 Å². The molecular weight excluding hydrogens is 260 g/mol.